The molecule has 0 radical (unpaired) electrons. The number of carbonyl (C=O) groups excluding carboxylic acids is 2. The van der Waals surface area contributed by atoms with Crippen molar-refractivity contribution >= 4 is 61.0 Å². The minimum Gasteiger partial charge on any atom is -0.452 e. The average Bonchev–Trinajstić information content (AvgIpc) is 3.20. The van der Waals surface area contributed by atoms with Gasteiger partial charge in [-0.3, -0.25) is 10.1 Å². The van der Waals surface area contributed by atoms with Crippen LogP contribution in [0.1, 0.15) is 16.1 Å². The van der Waals surface area contributed by atoms with Crippen LogP contribution in [0.2, 0.25) is 0 Å². The van der Waals surface area contributed by atoms with Crippen molar-refractivity contribution < 1.29 is 22.7 Å². The number of benzene rings is 1. The molecule has 146 valence electrons. The number of ether oxygens (including phenoxy) is 1. The standard InChI is InChI=1S/C16H14N4O5S3/c1-9-8-26-15(17-9)18-13(21)7-25-14(22)10-2-3-11-12(6-10)27-16-19-28(23,24)5-4-20(11)16/h2-3,6,8H,4-5,7H2,1H3,(H,17,18,21). The minimum atomic E-state index is -3.44. The van der Waals surface area contributed by atoms with Crippen molar-refractivity contribution in [3.05, 3.63) is 34.8 Å². The number of aryl methyl sites for hydroxylation is 1. The van der Waals surface area contributed by atoms with Crippen molar-refractivity contribution in [2.45, 2.75) is 11.8 Å². The molecule has 12 heteroatoms. The lowest BCUT2D eigenvalue weighted by Crippen LogP contribution is -2.35. The van der Waals surface area contributed by atoms with Crippen molar-refractivity contribution in [1.29, 1.82) is 0 Å². The smallest absolute Gasteiger partial charge is 0.338 e. The zero-order chi connectivity index (χ0) is 19.9. The largest absolute Gasteiger partial charge is 0.452 e. The third kappa shape index (κ3) is 3.88. The molecule has 0 bridgehead atoms. The Bertz CT molecular complexity index is 1110. The summed E-state index contributed by atoms with van der Waals surface area (Å²) >= 11 is 2.47. The van der Waals surface area contributed by atoms with Crippen LogP contribution in [0.15, 0.2) is 32.9 Å². The highest BCUT2D eigenvalue weighted by Crippen LogP contribution is 2.42. The van der Waals surface area contributed by atoms with Gasteiger partial charge in [-0.05, 0) is 36.9 Å². The Kier molecular flexibility index (Phi) is 4.85. The molecule has 2 aliphatic rings. The van der Waals surface area contributed by atoms with Gasteiger partial charge in [-0.25, -0.2) is 18.2 Å². The number of thioether (sulfide) groups is 1. The summed E-state index contributed by atoms with van der Waals surface area (Å²) in [5.74, 6) is -1.17. The topological polar surface area (TPSA) is 118 Å². The molecule has 4 rings (SSSR count). The fraction of sp³-hybridized carbons (Fsp3) is 0.250. The molecule has 0 saturated carbocycles. The Labute approximate surface area is 168 Å². The Morgan fingerprint density at radius 2 is 2.18 bits per heavy atom. The summed E-state index contributed by atoms with van der Waals surface area (Å²) in [6, 6.07) is 4.91. The maximum Gasteiger partial charge on any atom is 0.338 e. The molecule has 0 atom stereocenters. The number of rotatable bonds is 4. The van der Waals surface area contributed by atoms with E-state index < -0.39 is 28.5 Å². The predicted octanol–water partition coefficient (Wildman–Crippen LogP) is 1.86. The van der Waals surface area contributed by atoms with E-state index in [-0.39, 0.29) is 11.3 Å². The highest BCUT2D eigenvalue weighted by molar-refractivity contribution is 8.15. The lowest BCUT2D eigenvalue weighted by atomic mass is 10.2. The zero-order valence-electron chi connectivity index (χ0n) is 14.5. The van der Waals surface area contributed by atoms with Crippen LogP contribution < -0.4 is 10.2 Å². The van der Waals surface area contributed by atoms with Gasteiger partial charge in [0.2, 0.25) is 0 Å². The quantitative estimate of drug-likeness (QED) is 0.719. The highest BCUT2D eigenvalue weighted by atomic mass is 32.2. The first-order valence-electron chi connectivity index (χ1n) is 8.12. The van der Waals surface area contributed by atoms with Crippen LogP contribution >= 0.6 is 23.1 Å². The molecule has 1 aromatic carbocycles. The van der Waals surface area contributed by atoms with Crippen LogP contribution in [-0.4, -0.2) is 49.4 Å². The molecule has 1 amide bonds. The minimum absolute atomic E-state index is 0.0476. The SMILES string of the molecule is Cc1csc(NC(=O)COC(=O)c2ccc3c(c2)SC2=NS(=O)(=O)CCN23)n1. The number of thiazole rings is 1. The number of carbonyl (C=O) groups is 2. The summed E-state index contributed by atoms with van der Waals surface area (Å²) < 4.78 is 32.1. The first-order valence-corrected chi connectivity index (χ1v) is 11.4. The number of hydrogen-bond acceptors (Lipinski definition) is 9. The van der Waals surface area contributed by atoms with Gasteiger partial charge < -0.3 is 9.64 Å². The second-order valence-electron chi connectivity index (χ2n) is 6.01. The molecule has 1 N–H and O–H groups in total. The highest BCUT2D eigenvalue weighted by Gasteiger charge is 2.33. The van der Waals surface area contributed by atoms with Gasteiger partial charge in [-0.15, -0.1) is 15.7 Å². The van der Waals surface area contributed by atoms with E-state index in [4.69, 9.17) is 4.74 Å². The molecule has 0 spiro atoms. The van der Waals surface area contributed by atoms with Crippen LogP contribution in [-0.2, 0) is 19.6 Å². The van der Waals surface area contributed by atoms with Crippen LogP contribution in [0.5, 0.6) is 0 Å². The average molecular weight is 439 g/mol. The van der Waals surface area contributed by atoms with Gasteiger partial charge in [0.05, 0.1) is 22.7 Å². The summed E-state index contributed by atoms with van der Waals surface area (Å²) in [4.78, 5) is 30.8. The van der Waals surface area contributed by atoms with E-state index in [9.17, 15) is 18.0 Å². The molecule has 2 aromatic rings. The number of fused-ring (bicyclic) bond motifs is 3. The molecule has 28 heavy (non-hydrogen) atoms. The maximum absolute atomic E-state index is 12.3. The fourth-order valence-electron chi connectivity index (χ4n) is 2.64. The summed E-state index contributed by atoms with van der Waals surface area (Å²) in [5, 5.41) is 5.18. The number of esters is 1. The summed E-state index contributed by atoms with van der Waals surface area (Å²) in [5.41, 5.74) is 1.86. The number of anilines is 2. The zero-order valence-corrected chi connectivity index (χ0v) is 17.0. The third-order valence-electron chi connectivity index (χ3n) is 3.91. The van der Waals surface area contributed by atoms with Gasteiger partial charge in [0.1, 0.15) is 0 Å². The molecule has 1 aromatic heterocycles. The summed E-state index contributed by atoms with van der Waals surface area (Å²) in [6.45, 7) is 1.70. The first kappa shape index (κ1) is 18.9. The molecular formula is C16H14N4O5S3. The second kappa shape index (κ2) is 7.18. The molecule has 0 saturated heterocycles. The molecule has 2 aliphatic heterocycles. The maximum atomic E-state index is 12.3. The van der Waals surface area contributed by atoms with Crippen molar-refractivity contribution in [1.82, 2.24) is 4.98 Å². The molecule has 9 nitrogen and oxygen atoms in total. The van der Waals surface area contributed by atoms with Crippen LogP contribution in [0.3, 0.4) is 0 Å². The van der Waals surface area contributed by atoms with E-state index in [0.717, 1.165) is 11.4 Å². The van der Waals surface area contributed by atoms with Gasteiger partial charge in [0, 0.05) is 16.8 Å². The number of aromatic nitrogens is 1. The van der Waals surface area contributed by atoms with E-state index >= 15 is 0 Å². The van der Waals surface area contributed by atoms with Crippen LogP contribution in [0.4, 0.5) is 10.8 Å². The number of amidine groups is 1. The Morgan fingerprint density at radius 3 is 2.93 bits per heavy atom. The van der Waals surface area contributed by atoms with E-state index in [1.807, 2.05) is 6.92 Å². The van der Waals surface area contributed by atoms with Gasteiger partial charge in [0.15, 0.2) is 16.9 Å². The lowest BCUT2D eigenvalue weighted by Gasteiger charge is -2.22. The Morgan fingerprint density at radius 1 is 1.36 bits per heavy atom. The van der Waals surface area contributed by atoms with Crippen molar-refractivity contribution in [2.75, 3.05) is 29.1 Å². The first-order chi connectivity index (χ1) is 13.3. The van der Waals surface area contributed by atoms with Crippen LogP contribution in [0, 0.1) is 6.92 Å². The van der Waals surface area contributed by atoms with Gasteiger partial charge in [0.25, 0.3) is 15.9 Å². The third-order valence-corrected chi connectivity index (χ3v) is 7.09. The summed E-state index contributed by atoms with van der Waals surface area (Å²) in [6.07, 6.45) is 0. The number of nitrogens with zero attached hydrogens (tertiary/aromatic N) is 3. The fourth-order valence-corrected chi connectivity index (χ4v) is 5.64. The number of amides is 1. The van der Waals surface area contributed by atoms with Gasteiger partial charge in [-0.2, -0.15) is 0 Å². The van der Waals surface area contributed by atoms with Crippen molar-refractivity contribution in [3.8, 4) is 0 Å². The normalized spacial score (nSPS) is 16.8. The van der Waals surface area contributed by atoms with Crippen molar-refractivity contribution in [3.63, 3.8) is 0 Å². The van der Waals surface area contributed by atoms with Gasteiger partial charge >= 0.3 is 5.97 Å². The molecule has 0 unspecified atom stereocenters. The number of hydrogen-bond donors (Lipinski definition) is 1. The predicted molar refractivity (Wildman–Crippen MR) is 107 cm³/mol. The number of nitrogens with one attached hydrogen (secondary N) is 1. The van der Waals surface area contributed by atoms with E-state index in [2.05, 4.69) is 14.7 Å². The van der Waals surface area contributed by atoms with E-state index in [1.165, 1.54) is 23.1 Å². The molecular weight excluding hydrogens is 424 g/mol. The second-order valence-corrected chi connectivity index (χ2v) is 9.64. The van der Waals surface area contributed by atoms with E-state index in [0.29, 0.717) is 21.7 Å². The molecule has 0 fully saturated rings. The van der Waals surface area contributed by atoms with Gasteiger partial charge in [-0.1, -0.05) is 0 Å². The molecule has 0 aliphatic carbocycles. The molecule has 3 heterocycles. The number of sulfonamides is 1. The lowest BCUT2D eigenvalue weighted by molar-refractivity contribution is -0.119. The Hall–Kier alpha value is -2.44. The monoisotopic (exact) mass is 438 g/mol. The Balaban J connectivity index is 1.41. The van der Waals surface area contributed by atoms with Crippen molar-refractivity contribution in [2.24, 2.45) is 4.40 Å². The van der Waals surface area contributed by atoms with Crippen LogP contribution in [0.25, 0.3) is 0 Å². The van der Waals surface area contributed by atoms with E-state index in [1.54, 1.807) is 28.5 Å². The summed E-state index contributed by atoms with van der Waals surface area (Å²) in [7, 11) is -3.44.